The molecule has 0 fully saturated rings. The molecule has 2 aromatic rings. The number of halogens is 3. The molecule has 0 aliphatic rings. The van der Waals surface area contributed by atoms with E-state index in [1.807, 2.05) is 0 Å². The van der Waals surface area contributed by atoms with Crippen LogP contribution in [0.15, 0.2) is 29.1 Å². The molecule has 0 spiro atoms. The highest BCUT2D eigenvalue weighted by molar-refractivity contribution is 5.95. The van der Waals surface area contributed by atoms with Crippen molar-refractivity contribution in [3.05, 3.63) is 57.0 Å². The van der Waals surface area contributed by atoms with Crippen molar-refractivity contribution in [3.63, 3.8) is 0 Å². The molecule has 1 aromatic heterocycles. The van der Waals surface area contributed by atoms with Gasteiger partial charge in [-0.05, 0) is 35.6 Å². The summed E-state index contributed by atoms with van der Waals surface area (Å²) >= 11 is 0. The van der Waals surface area contributed by atoms with Gasteiger partial charge in [0.2, 0.25) is 5.95 Å². The molecule has 5 nitrogen and oxygen atoms in total. The maximum atomic E-state index is 12.9. The number of hydrogen-bond acceptors (Lipinski definition) is 4. The molecule has 27 heavy (non-hydrogen) atoms. The fourth-order valence-corrected chi connectivity index (χ4v) is 2.99. The largest absolute Gasteiger partial charge is 0.416 e. The summed E-state index contributed by atoms with van der Waals surface area (Å²) in [6.45, 7) is 5.15. The third-order valence-corrected chi connectivity index (χ3v) is 4.32. The second-order valence-electron chi connectivity index (χ2n) is 7.36. The van der Waals surface area contributed by atoms with Crippen LogP contribution in [-0.2, 0) is 11.6 Å². The minimum atomic E-state index is -4.42. The van der Waals surface area contributed by atoms with Gasteiger partial charge >= 0.3 is 6.18 Å². The second kappa shape index (κ2) is 7.17. The van der Waals surface area contributed by atoms with Crippen molar-refractivity contribution in [2.75, 3.05) is 19.0 Å². The number of hydrogen-bond donors (Lipinski definition) is 1. The first kappa shape index (κ1) is 20.7. The Morgan fingerprint density at radius 3 is 2.33 bits per heavy atom. The second-order valence-corrected chi connectivity index (χ2v) is 7.36. The molecular weight excluding hydrogens is 359 g/mol. The number of aromatic nitrogens is 2. The molecule has 0 unspecified atom stereocenters. The first-order chi connectivity index (χ1) is 12.3. The minimum absolute atomic E-state index is 0.00251. The van der Waals surface area contributed by atoms with E-state index in [1.165, 1.54) is 6.07 Å². The summed E-state index contributed by atoms with van der Waals surface area (Å²) in [7, 11) is 3.37. The van der Waals surface area contributed by atoms with Crippen LogP contribution < -0.4 is 10.5 Å². The van der Waals surface area contributed by atoms with Crippen molar-refractivity contribution in [2.45, 2.75) is 38.8 Å². The molecule has 1 heterocycles. The lowest BCUT2D eigenvalue weighted by Gasteiger charge is -2.27. The molecule has 0 radical (unpaired) electrons. The Hall–Kier alpha value is -2.64. The zero-order chi connectivity index (χ0) is 20.6. The van der Waals surface area contributed by atoms with E-state index >= 15 is 0 Å². The number of carbonyl (C=O) groups excluding carboxylic acids is 1. The smallest absolute Gasteiger partial charge is 0.348 e. The van der Waals surface area contributed by atoms with E-state index in [0.29, 0.717) is 11.1 Å². The zero-order valence-electron chi connectivity index (χ0n) is 15.9. The number of alkyl halides is 3. The normalized spacial score (nSPS) is 12.1. The molecule has 0 aliphatic carbocycles. The summed E-state index contributed by atoms with van der Waals surface area (Å²) in [6.07, 6.45) is -4.41. The molecule has 0 atom stereocenters. The van der Waals surface area contributed by atoms with Crippen molar-refractivity contribution in [1.29, 1.82) is 0 Å². The predicted octanol–water partition coefficient (Wildman–Crippen LogP) is 3.71. The van der Waals surface area contributed by atoms with Gasteiger partial charge < -0.3 is 4.90 Å². The Morgan fingerprint density at radius 2 is 1.81 bits per heavy atom. The van der Waals surface area contributed by atoms with Gasteiger partial charge in [-0.15, -0.1) is 0 Å². The average Bonchev–Trinajstić information content (AvgIpc) is 2.52. The van der Waals surface area contributed by atoms with Crippen LogP contribution >= 0.6 is 0 Å². The lowest BCUT2D eigenvalue weighted by atomic mass is 9.77. The van der Waals surface area contributed by atoms with E-state index in [-0.39, 0.29) is 23.8 Å². The molecule has 8 heteroatoms. The molecule has 1 N–H and O–H groups in total. The number of ketones is 1. The van der Waals surface area contributed by atoms with Crippen molar-refractivity contribution in [1.82, 2.24) is 9.97 Å². The highest BCUT2D eigenvalue weighted by Gasteiger charge is 2.33. The predicted molar refractivity (Wildman–Crippen MR) is 97.3 cm³/mol. The van der Waals surface area contributed by atoms with Crippen LogP contribution in [0.5, 0.6) is 0 Å². The van der Waals surface area contributed by atoms with Crippen LogP contribution in [0, 0.1) is 6.92 Å². The fraction of sp³-hybridized carbons (Fsp3) is 0.421. The number of carbonyl (C=O) groups is 1. The number of Topliss-reactive ketones (excluding diaryl/α,β-unsaturated/α-hetero) is 1. The molecule has 0 saturated heterocycles. The van der Waals surface area contributed by atoms with Gasteiger partial charge in [-0.1, -0.05) is 19.9 Å². The molecule has 0 aliphatic heterocycles. The Labute approximate surface area is 155 Å². The number of nitrogens with one attached hydrogen (secondary N) is 1. The van der Waals surface area contributed by atoms with E-state index in [1.54, 1.807) is 39.8 Å². The summed E-state index contributed by atoms with van der Waals surface area (Å²) < 4.78 is 38.6. The van der Waals surface area contributed by atoms with Crippen molar-refractivity contribution in [2.24, 2.45) is 0 Å². The standard InChI is InChI=1S/C19H22F3N3O2/c1-11-8-12(19(20,21)22)6-7-13(11)18(2,3)10-15(26)14-9-16(27)24-17(23-14)25(4)5/h6-9H,10H2,1-5H3,(H,23,24,27). The number of benzene rings is 1. The van der Waals surface area contributed by atoms with Crippen LogP contribution in [0.4, 0.5) is 19.1 Å². The Balaban J connectivity index is 2.33. The van der Waals surface area contributed by atoms with Gasteiger partial charge in [0.15, 0.2) is 5.78 Å². The molecule has 0 saturated carbocycles. The molecule has 146 valence electrons. The number of H-pyrrole nitrogens is 1. The molecule has 1 aromatic carbocycles. The van der Waals surface area contributed by atoms with E-state index in [2.05, 4.69) is 9.97 Å². The van der Waals surface area contributed by atoms with E-state index < -0.39 is 22.7 Å². The Morgan fingerprint density at radius 1 is 1.19 bits per heavy atom. The van der Waals surface area contributed by atoms with Crippen LogP contribution in [0.2, 0.25) is 0 Å². The first-order valence-electron chi connectivity index (χ1n) is 8.31. The van der Waals surface area contributed by atoms with Crippen LogP contribution in [-0.4, -0.2) is 29.8 Å². The van der Waals surface area contributed by atoms with Gasteiger partial charge in [0.05, 0.1) is 5.56 Å². The quantitative estimate of drug-likeness (QED) is 0.802. The lowest BCUT2D eigenvalue weighted by molar-refractivity contribution is -0.137. The molecule has 0 bridgehead atoms. The number of aromatic amines is 1. The van der Waals surface area contributed by atoms with Gasteiger partial charge in [-0.25, -0.2) is 4.98 Å². The number of rotatable bonds is 5. The maximum absolute atomic E-state index is 12.9. The molecular formula is C19H22F3N3O2. The highest BCUT2D eigenvalue weighted by atomic mass is 19.4. The topological polar surface area (TPSA) is 66.1 Å². The van der Waals surface area contributed by atoms with Gasteiger partial charge in [0.1, 0.15) is 5.69 Å². The fourth-order valence-electron chi connectivity index (χ4n) is 2.99. The van der Waals surface area contributed by atoms with Gasteiger partial charge in [0, 0.05) is 26.6 Å². The summed E-state index contributed by atoms with van der Waals surface area (Å²) in [4.78, 5) is 32.7. The monoisotopic (exact) mass is 381 g/mol. The Bertz CT molecular complexity index is 915. The van der Waals surface area contributed by atoms with Gasteiger partial charge in [0.25, 0.3) is 5.56 Å². The summed E-state index contributed by atoms with van der Waals surface area (Å²) in [5.41, 5.74) is -0.774. The zero-order valence-corrected chi connectivity index (χ0v) is 15.9. The first-order valence-corrected chi connectivity index (χ1v) is 8.31. The summed E-state index contributed by atoms with van der Waals surface area (Å²) in [5.74, 6) is -0.0946. The lowest BCUT2D eigenvalue weighted by Crippen LogP contribution is -2.26. The minimum Gasteiger partial charge on any atom is -0.348 e. The average molecular weight is 381 g/mol. The van der Waals surface area contributed by atoms with E-state index in [4.69, 9.17) is 0 Å². The SMILES string of the molecule is Cc1cc(C(F)(F)F)ccc1C(C)(C)CC(=O)c1cc(=O)[nH]c(N(C)C)n1. The van der Waals surface area contributed by atoms with Crippen molar-refractivity contribution in [3.8, 4) is 0 Å². The number of anilines is 1. The van der Waals surface area contributed by atoms with Crippen molar-refractivity contribution >= 4 is 11.7 Å². The molecule has 0 amide bonds. The highest BCUT2D eigenvalue weighted by Crippen LogP contribution is 2.35. The van der Waals surface area contributed by atoms with Crippen molar-refractivity contribution < 1.29 is 18.0 Å². The van der Waals surface area contributed by atoms with E-state index in [0.717, 1.165) is 18.2 Å². The van der Waals surface area contributed by atoms with Crippen LogP contribution in [0.1, 0.15) is 47.4 Å². The number of nitrogens with zero attached hydrogens (tertiary/aromatic N) is 2. The summed E-state index contributed by atoms with van der Waals surface area (Å²) in [5, 5.41) is 0. The third kappa shape index (κ3) is 4.75. The Kier molecular flexibility index (Phi) is 5.49. The summed E-state index contributed by atoms with van der Waals surface area (Å²) in [6, 6.07) is 4.63. The van der Waals surface area contributed by atoms with Gasteiger partial charge in [-0.2, -0.15) is 13.2 Å². The third-order valence-electron chi connectivity index (χ3n) is 4.32. The van der Waals surface area contributed by atoms with Gasteiger partial charge in [-0.3, -0.25) is 14.6 Å². The van der Waals surface area contributed by atoms with E-state index in [9.17, 15) is 22.8 Å². The maximum Gasteiger partial charge on any atom is 0.416 e. The molecule has 2 rings (SSSR count). The van der Waals surface area contributed by atoms with Crippen LogP contribution in [0.25, 0.3) is 0 Å². The van der Waals surface area contributed by atoms with Crippen LogP contribution in [0.3, 0.4) is 0 Å². The number of aryl methyl sites for hydroxylation is 1.